The van der Waals surface area contributed by atoms with E-state index in [1.54, 1.807) is 13.0 Å². The van der Waals surface area contributed by atoms with Crippen LogP contribution in [0.25, 0.3) is 11.1 Å². The largest absolute Gasteiger partial charge is 0.462 e. The van der Waals surface area contributed by atoms with Crippen molar-refractivity contribution in [3.8, 4) is 11.1 Å². The Hall–Kier alpha value is -1.81. The van der Waals surface area contributed by atoms with Crippen LogP contribution in [0, 0.1) is 0 Å². The maximum Gasteiger partial charge on any atom is 0.348 e. The van der Waals surface area contributed by atoms with Crippen LogP contribution in [0.4, 0.5) is 5.00 Å². The molecule has 3 nitrogen and oxygen atoms in total. The van der Waals surface area contributed by atoms with Gasteiger partial charge in [-0.3, -0.25) is 0 Å². The number of hydrogen-bond acceptors (Lipinski definition) is 4. The number of benzene rings is 1. The van der Waals surface area contributed by atoms with Gasteiger partial charge in [-0.2, -0.15) is 0 Å². The summed E-state index contributed by atoms with van der Waals surface area (Å²) in [7, 11) is 0. The van der Waals surface area contributed by atoms with E-state index < -0.39 is 0 Å². The quantitative estimate of drug-likeness (QED) is 0.847. The highest BCUT2D eigenvalue weighted by Gasteiger charge is 2.14. The molecule has 1 aromatic carbocycles. The number of anilines is 1. The van der Waals surface area contributed by atoms with E-state index in [0.717, 1.165) is 11.1 Å². The Kier molecular flexibility index (Phi) is 3.44. The summed E-state index contributed by atoms with van der Waals surface area (Å²) in [5, 5.41) is 0.638. The van der Waals surface area contributed by atoms with E-state index in [2.05, 4.69) is 0 Å². The molecule has 0 aliphatic heterocycles. The Morgan fingerprint density at radius 1 is 1.35 bits per heavy atom. The lowest BCUT2D eigenvalue weighted by Gasteiger charge is -1.98. The average molecular weight is 247 g/mol. The number of nitrogen functional groups attached to an aromatic ring is 1. The first-order chi connectivity index (χ1) is 8.22. The lowest BCUT2D eigenvalue weighted by Crippen LogP contribution is -2.01. The van der Waals surface area contributed by atoms with Gasteiger partial charge in [-0.1, -0.05) is 30.3 Å². The Morgan fingerprint density at radius 2 is 2.06 bits per heavy atom. The molecule has 0 amide bonds. The van der Waals surface area contributed by atoms with Gasteiger partial charge in [0.2, 0.25) is 0 Å². The number of ether oxygens (including phenoxy) is 1. The van der Waals surface area contributed by atoms with Crippen LogP contribution in [0.5, 0.6) is 0 Å². The van der Waals surface area contributed by atoms with Gasteiger partial charge in [0.1, 0.15) is 4.88 Å². The maximum atomic E-state index is 11.6. The van der Waals surface area contributed by atoms with Gasteiger partial charge in [0.25, 0.3) is 0 Å². The maximum absolute atomic E-state index is 11.6. The molecule has 0 aliphatic carbocycles. The number of thiophene rings is 1. The molecule has 0 bridgehead atoms. The smallest absolute Gasteiger partial charge is 0.348 e. The highest BCUT2D eigenvalue weighted by molar-refractivity contribution is 7.18. The lowest BCUT2D eigenvalue weighted by molar-refractivity contribution is 0.0532. The molecule has 17 heavy (non-hydrogen) atoms. The third kappa shape index (κ3) is 2.47. The SMILES string of the molecule is CCOC(=O)c1cc(-c2ccccc2)c(N)s1. The van der Waals surface area contributed by atoms with Crippen LogP contribution in [0.1, 0.15) is 16.6 Å². The first-order valence-corrected chi connectivity index (χ1v) is 6.16. The second-order valence-corrected chi connectivity index (χ2v) is 4.56. The van der Waals surface area contributed by atoms with E-state index in [0.29, 0.717) is 16.5 Å². The predicted octanol–water partition coefficient (Wildman–Crippen LogP) is 3.17. The molecule has 0 saturated heterocycles. The molecule has 0 atom stereocenters. The van der Waals surface area contributed by atoms with Crippen LogP contribution in [-0.2, 0) is 4.74 Å². The first kappa shape index (κ1) is 11.7. The van der Waals surface area contributed by atoms with Crippen molar-refractivity contribution in [2.24, 2.45) is 0 Å². The highest BCUT2D eigenvalue weighted by Crippen LogP contribution is 2.34. The normalized spacial score (nSPS) is 10.2. The predicted molar refractivity (Wildman–Crippen MR) is 70.1 cm³/mol. The second kappa shape index (κ2) is 5.01. The van der Waals surface area contributed by atoms with Crippen LogP contribution in [-0.4, -0.2) is 12.6 Å². The minimum absolute atomic E-state index is 0.314. The zero-order valence-corrected chi connectivity index (χ0v) is 10.3. The molecule has 0 unspecified atom stereocenters. The van der Waals surface area contributed by atoms with Crippen molar-refractivity contribution >= 4 is 22.3 Å². The summed E-state index contributed by atoms with van der Waals surface area (Å²) >= 11 is 1.26. The number of rotatable bonds is 3. The van der Waals surface area contributed by atoms with Gasteiger partial charge in [-0.05, 0) is 18.6 Å². The minimum atomic E-state index is -0.314. The van der Waals surface area contributed by atoms with E-state index in [4.69, 9.17) is 10.5 Å². The summed E-state index contributed by atoms with van der Waals surface area (Å²) < 4.78 is 4.95. The van der Waals surface area contributed by atoms with Crippen LogP contribution in [0.3, 0.4) is 0 Å². The summed E-state index contributed by atoms with van der Waals surface area (Å²) in [5.74, 6) is -0.314. The molecule has 88 valence electrons. The van der Waals surface area contributed by atoms with Crippen LogP contribution in [0.15, 0.2) is 36.4 Å². The molecule has 0 saturated carbocycles. The van der Waals surface area contributed by atoms with E-state index in [-0.39, 0.29) is 5.97 Å². The molecular formula is C13H13NO2S. The minimum Gasteiger partial charge on any atom is -0.462 e. The fourth-order valence-corrected chi connectivity index (χ4v) is 2.39. The Labute approximate surface area is 104 Å². The molecule has 0 spiro atoms. The fourth-order valence-electron chi connectivity index (χ4n) is 1.55. The van der Waals surface area contributed by atoms with Crippen molar-refractivity contribution in [1.29, 1.82) is 0 Å². The van der Waals surface area contributed by atoms with E-state index in [9.17, 15) is 4.79 Å². The van der Waals surface area contributed by atoms with Crippen molar-refractivity contribution in [2.75, 3.05) is 12.3 Å². The van der Waals surface area contributed by atoms with Crippen molar-refractivity contribution in [3.05, 3.63) is 41.3 Å². The lowest BCUT2D eigenvalue weighted by atomic mass is 10.1. The third-order valence-corrected chi connectivity index (χ3v) is 3.27. The van der Waals surface area contributed by atoms with Crippen LogP contribution in [0.2, 0.25) is 0 Å². The Balaban J connectivity index is 2.35. The average Bonchev–Trinajstić information content (AvgIpc) is 2.73. The summed E-state index contributed by atoms with van der Waals surface area (Å²) in [6.07, 6.45) is 0. The molecule has 4 heteroatoms. The van der Waals surface area contributed by atoms with Gasteiger partial charge in [0, 0.05) is 5.56 Å². The van der Waals surface area contributed by atoms with Gasteiger partial charge in [0.15, 0.2) is 0 Å². The molecule has 0 aliphatic rings. The van der Waals surface area contributed by atoms with Gasteiger partial charge in [0.05, 0.1) is 11.6 Å². The molecule has 2 rings (SSSR count). The van der Waals surface area contributed by atoms with Crippen molar-refractivity contribution < 1.29 is 9.53 Å². The molecule has 2 N–H and O–H groups in total. The van der Waals surface area contributed by atoms with E-state index in [1.165, 1.54) is 11.3 Å². The summed E-state index contributed by atoms with van der Waals surface area (Å²) in [6.45, 7) is 2.16. The van der Waals surface area contributed by atoms with E-state index >= 15 is 0 Å². The van der Waals surface area contributed by atoms with Gasteiger partial charge < -0.3 is 10.5 Å². The number of nitrogens with two attached hydrogens (primary N) is 1. The van der Waals surface area contributed by atoms with Crippen LogP contribution >= 0.6 is 11.3 Å². The van der Waals surface area contributed by atoms with Gasteiger partial charge in [-0.15, -0.1) is 11.3 Å². The fraction of sp³-hybridized carbons (Fsp3) is 0.154. The van der Waals surface area contributed by atoms with Crippen molar-refractivity contribution in [1.82, 2.24) is 0 Å². The first-order valence-electron chi connectivity index (χ1n) is 5.34. The molecule has 1 heterocycles. The molecular weight excluding hydrogens is 234 g/mol. The number of carbonyl (C=O) groups excluding carboxylic acids is 1. The molecule has 2 aromatic rings. The second-order valence-electron chi connectivity index (χ2n) is 3.48. The zero-order valence-electron chi connectivity index (χ0n) is 9.47. The number of carbonyl (C=O) groups is 1. The van der Waals surface area contributed by atoms with Crippen molar-refractivity contribution in [3.63, 3.8) is 0 Å². The molecule has 1 aromatic heterocycles. The van der Waals surface area contributed by atoms with Gasteiger partial charge >= 0.3 is 5.97 Å². The van der Waals surface area contributed by atoms with Crippen molar-refractivity contribution in [2.45, 2.75) is 6.92 Å². The monoisotopic (exact) mass is 247 g/mol. The number of hydrogen-bond donors (Lipinski definition) is 1. The molecule has 0 fully saturated rings. The zero-order chi connectivity index (χ0) is 12.3. The topological polar surface area (TPSA) is 52.3 Å². The molecule has 0 radical (unpaired) electrons. The summed E-state index contributed by atoms with van der Waals surface area (Å²) in [6, 6.07) is 11.5. The highest BCUT2D eigenvalue weighted by atomic mass is 32.1. The van der Waals surface area contributed by atoms with Crippen LogP contribution < -0.4 is 5.73 Å². The summed E-state index contributed by atoms with van der Waals surface area (Å²) in [5.41, 5.74) is 7.82. The van der Waals surface area contributed by atoms with E-state index in [1.807, 2.05) is 30.3 Å². The van der Waals surface area contributed by atoms with Gasteiger partial charge in [-0.25, -0.2) is 4.79 Å². The summed E-state index contributed by atoms with van der Waals surface area (Å²) in [4.78, 5) is 12.1. The standard InChI is InChI=1S/C13H13NO2S/c1-2-16-13(15)11-8-10(12(14)17-11)9-6-4-3-5-7-9/h3-8H,2,14H2,1H3. The third-order valence-electron chi connectivity index (χ3n) is 2.32. The number of esters is 1. The Bertz CT molecular complexity index is 519. The Morgan fingerprint density at radius 3 is 2.71 bits per heavy atom.